The maximum Gasteiger partial charge on any atom is 0.246 e. The summed E-state index contributed by atoms with van der Waals surface area (Å²) in [7, 11) is -3.96. The summed E-state index contributed by atoms with van der Waals surface area (Å²) in [5.41, 5.74) is 1.65. The number of benzene rings is 1. The average molecular weight is 420 g/mol. The van der Waals surface area contributed by atoms with E-state index in [1.54, 1.807) is 23.1 Å². The van der Waals surface area contributed by atoms with E-state index in [0.717, 1.165) is 18.5 Å². The highest BCUT2D eigenvalue weighted by Gasteiger charge is 2.28. The van der Waals surface area contributed by atoms with E-state index in [1.807, 2.05) is 6.07 Å². The Labute approximate surface area is 169 Å². The first-order valence-corrected chi connectivity index (χ1v) is 10.8. The molecule has 0 radical (unpaired) electrons. The zero-order chi connectivity index (χ0) is 21.2. The molecule has 1 aliphatic heterocycles. The minimum absolute atomic E-state index is 0.0607. The number of hydrogen-bond donors (Lipinski definition) is 2. The van der Waals surface area contributed by atoms with Crippen LogP contribution < -0.4 is 10.0 Å². The molecule has 3 rings (SSSR count). The number of carbonyl (C=O) groups is 2. The highest BCUT2D eigenvalue weighted by Crippen LogP contribution is 2.20. The number of sulfonamides is 1. The van der Waals surface area contributed by atoms with Gasteiger partial charge in [-0.2, -0.15) is 4.72 Å². The van der Waals surface area contributed by atoms with Gasteiger partial charge >= 0.3 is 0 Å². The normalized spacial score (nSPS) is 15.6. The molecule has 0 bridgehead atoms. The predicted octanol–water partition coefficient (Wildman–Crippen LogP) is 1.72. The summed E-state index contributed by atoms with van der Waals surface area (Å²) in [5.74, 6) is -0.219. The van der Waals surface area contributed by atoms with Crippen molar-refractivity contribution in [2.24, 2.45) is 0 Å². The molecule has 1 aliphatic rings. The van der Waals surface area contributed by atoms with E-state index in [2.05, 4.69) is 15.2 Å². The van der Waals surface area contributed by atoms with Crippen molar-refractivity contribution in [2.75, 3.05) is 11.9 Å². The van der Waals surface area contributed by atoms with E-state index >= 15 is 0 Å². The molecule has 0 aliphatic carbocycles. The van der Waals surface area contributed by atoms with Gasteiger partial charge in [-0.3, -0.25) is 9.59 Å². The van der Waals surface area contributed by atoms with Crippen LogP contribution in [0.4, 0.5) is 5.69 Å². The summed E-state index contributed by atoms with van der Waals surface area (Å²) < 4.78 is 32.3. The van der Waals surface area contributed by atoms with Gasteiger partial charge in [0.15, 0.2) is 5.76 Å². The number of nitrogens with one attached hydrogen (secondary N) is 2. The van der Waals surface area contributed by atoms with Gasteiger partial charge in [-0.15, -0.1) is 0 Å². The second-order valence-electron chi connectivity index (χ2n) is 7.10. The molecular formula is C19H24N4O5S. The van der Waals surface area contributed by atoms with Crippen LogP contribution in [0.5, 0.6) is 0 Å². The fraction of sp³-hybridized carbons (Fsp3) is 0.421. The number of rotatable bonds is 7. The average Bonchev–Trinajstić information content (AvgIpc) is 3.20. The highest BCUT2D eigenvalue weighted by atomic mass is 32.2. The van der Waals surface area contributed by atoms with E-state index < -0.39 is 22.0 Å². The van der Waals surface area contributed by atoms with E-state index in [9.17, 15) is 18.0 Å². The first kappa shape index (κ1) is 21.0. The maximum absolute atomic E-state index is 12.6. The van der Waals surface area contributed by atoms with Gasteiger partial charge in [-0.25, -0.2) is 8.42 Å². The summed E-state index contributed by atoms with van der Waals surface area (Å²) >= 11 is 0. The van der Waals surface area contributed by atoms with Crippen LogP contribution in [0.25, 0.3) is 0 Å². The minimum atomic E-state index is -3.96. The first-order valence-electron chi connectivity index (χ1n) is 9.30. The summed E-state index contributed by atoms with van der Waals surface area (Å²) in [5, 5.41) is 6.34. The number of likely N-dealkylation sites (tertiary alicyclic amines) is 1. The number of hydrogen-bond acceptors (Lipinski definition) is 6. The monoisotopic (exact) mass is 420 g/mol. The zero-order valence-corrected chi connectivity index (χ0v) is 17.4. The highest BCUT2D eigenvalue weighted by molar-refractivity contribution is 7.89. The van der Waals surface area contributed by atoms with Crippen molar-refractivity contribution < 1.29 is 22.5 Å². The van der Waals surface area contributed by atoms with E-state index in [0.29, 0.717) is 18.7 Å². The molecule has 1 atom stereocenters. The zero-order valence-electron chi connectivity index (χ0n) is 16.6. The fourth-order valence-corrected chi connectivity index (χ4v) is 4.83. The second-order valence-corrected chi connectivity index (χ2v) is 8.76. The third-order valence-corrected chi connectivity index (χ3v) is 6.49. The summed E-state index contributed by atoms with van der Waals surface area (Å²) in [6, 6.07) is 6.13. The molecule has 156 valence electrons. The summed E-state index contributed by atoms with van der Waals surface area (Å²) in [6.45, 7) is 5.69. The fourth-order valence-electron chi connectivity index (χ4n) is 3.29. The van der Waals surface area contributed by atoms with Gasteiger partial charge in [0.1, 0.15) is 10.6 Å². The molecule has 29 heavy (non-hydrogen) atoms. The van der Waals surface area contributed by atoms with Crippen LogP contribution in [0.2, 0.25) is 0 Å². The lowest BCUT2D eigenvalue weighted by atomic mass is 10.2. The number of anilines is 1. The smallest absolute Gasteiger partial charge is 0.246 e. The van der Waals surface area contributed by atoms with Crippen molar-refractivity contribution in [3.05, 3.63) is 41.3 Å². The Morgan fingerprint density at radius 2 is 2.10 bits per heavy atom. The van der Waals surface area contributed by atoms with Gasteiger partial charge in [-0.05, 0) is 44.9 Å². The van der Waals surface area contributed by atoms with Crippen molar-refractivity contribution >= 4 is 27.5 Å². The molecule has 1 fully saturated rings. The Hall–Kier alpha value is -2.72. The van der Waals surface area contributed by atoms with Gasteiger partial charge in [0.2, 0.25) is 21.8 Å². The Bertz CT molecular complexity index is 1010. The Kier molecular flexibility index (Phi) is 6.04. The molecule has 0 spiro atoms. The standard InChI is InChI=1S/C19H24N4O5S/c1-12-18(14(3)28-21-12)29(26,27)22-13(2)19(25)20-16-7-4-6-15(10-16)11-23-9-5-8-17(23)24/h4,6-7,10,13,22H,5,8-9,11H2,1-3H3,(H,20,25)/t13-/m0/s1. The topological polar surface area (TPSA) is 122 Å². The predicted molar refractivity (Wildman–Crippen MR) is 105 cm³/mol. The van der Waals surface area contributed by atoms with Gasteiger partial charge in [-0.1, -0.05) is 17.3 Å². The molecule has 2 aromatic rings. The van der Waals surface area contributed by atoms with Crippen molar-refractivity contribution in [1.82, 2.24) is 14.8 Å². The molecule has 1 saturated heterocycles. The third kappa shape index (κ3) is 4.83. The second kappa shape index (κ2) is 8.34. The van der Waals surface area contributed by atoms with Crippen molar-refractivity contribution in [2.45, 2.75) is 51.1 Å². The Balaban J connectivity index is 1.65. The minimum Gasteiger partial charge on any atom is -0.360 e. The van der Waals surface area contributed by atoms with Crippen LogP contribution in [0.1, 0.15) is 36.8 Å². The van der Waals surface area contributed by atoms with Gasteiger partial charge < -0.3 is 14.7 Å². The summed E-state index contributed by atoms with van der Waals surface area (Å²) in [6.07, 6.45) is 1.43. The number of nitrogens with zero attached hydrogens (tertiary/aromatic N) is 2. The number of aromatic nitrogens is 1. The van der Waals surface area contributed by atoms with E-state index in [-0.39, 0.29) is 22.3 Å². The van der Waals surface area contributed by atoms with Gasteiger partial charge in [0.25, 0.3) is 0 Å². The van der Waals surface area contributed by atoms with Crippen LogP contribution in [-0.4, -0.2) is 42.9 Å². The van der Waals surface area contributed by atoms with Crippen LogP contribution in [0.15, 0.2) is 33.7 Å². The largest absolute Gasteiger partial charge is 0.360 e. The molecular weight excluding hydrogens is 396 g/mol. The molecule has 2 heterocycles. The molecule has 9 nitrogen and oxygen atoms in total. The van der Waals surface area contributed by atoms with Gasteiger partial charge in [0, 0.05) is 25.2 Å². The number of aryl methyl sites for hydroxylation is 2. The number of carbonyl (C=O) groups excluding carboxylic acids is 2. The van der Waals surface area contributed by atoms with E-state index in [4.69, 9.17) is 4.52 Å². The quantitative estimate of drug-likeness (QED) is 0.703. The SMILES string of the molecule is Cc1noc(C)c1S(=O)(=O)N[C@@H](C)C(=O)Nc1cccc(CN2CCCC2=O)c1. The third-order valence-electron chi connectivity index (χ3n) is 4.70. The van der Waals surface area contributed by atoms with Crippen LogP contribution in [0, 0.1) is 13.8 Å². The van der Waals surface area contributed by atoms with Gasteiger partial charge in [0.05, 0.1) is 6.04 Å². The van der Waals surface area contributed by atoms with Crippen molar-refractivity contribution in [3.63, 3.8) is 0 Å². The van der Waals surface area contributed by atoms with Crippen LogP contribution in [-0.2, 0) is 26.2 Å². The molecule has 2 N–H and O–H groups in total. The van der Waals surface area contributed by atoms with Crippen LogP contribution >= 0.6 is 0 Å². The number of amides is 2. The Morgan fingerprint density at radius 3 is 2.72 bits per heavy atom. The lowest BCUT2D eigenvalue weighted by molar-refractivity contribution is -0.128. The maximum atomic E-state index is 12.6. The molecule has 0 saturated carbocycles. The van der Waals surface area contributed by atoms with E-state index in [1.165, 1.54) is 20.8 Å². The molecule has 0 unspecified atom stereocenters. The summed E-state index contributed by atoms with van der Waals surface area (Å²) in [4.78, 5) is 26.0. The molecule has 1 aromatic carbocycles. The lowest BCUT2D eigenvalue weighted by Gasteiger charge is -2.17. The Morgan fingerprint density at radius 1 is 1.34 bits per heavy atom. The van der Waals surface area contributed by atoms with Crippen LogP contribution in [0.3, 0.4) is 0 Å². The van der Waals surface area contributed by atoms with Crippen molar-refractivity contribution in [3.8, 4) is 0 Å². The van der Waals surface area contributed by atoms with Crippen molar-refractivity contribution in [1.29, 1.82) is 0 Å². The lowest BCUT2D eigenvalue weighted by Crippen LogP contribution is -2.41. The first-order chi connectivity index (χ1) is 13.7. The molecule has 2 amide bonds. The molecule has 1 aromatic heterocycles. The molecule has 10 heteroatoms.